The molecule has 1 aromatic carbocycles. The molecule has 0 radical (unpaired) electrons. The van der Waals surface area contributed by atoms with Crippen LogP contribution in [0.2, 0.25) is 0 Å². The first-order valence-electron chi connectivity index (χ1n) is 8.02. The highest BCUT2D eigenvalue weighted by atomic mass is 16.3. The molecule has 2 rings (SSSR count). The van der Waals surface area contributed by atoms with Gasteiger partial charge in [-0.15, -0.1) is 0 Å². The van der Waals surface area contributed by atoms with E-state index in [2.05, 4.69) is 53.7 Å². The Morgan fingerprint density at radius 2 is 1.43 bits per heavy atom. The van der Waals surface area contributed by atoms with Gasteiger partial charge in [0.15, 0.2) is 0 Å². The summed E-state index contributed by atoms with van der Waals surface area (Å²) in [5.41, 5.74) is 2.32. The molecule has 2 nitrogen and oxygen atoms in total. The predicted molar refractivity (Wildman–Crippen MR) is 97.5 cm³/mol. The van der Waals surface area contributed by atoms with Crippen LogP contribution in [0.5, 0.6) is 5.75 Å². The lowest BCUT2D eigenvalue weighted by Crippen LogP contribution is -2.16. The summed E-state index contributed by atoms with van der Waals surface area (Å²) in [4.78, 5) is 0. The molecule has 0 aliphatic heterocycles. The molecule has 0 bridgehead atoms. The minimum absolute atomic E-state index is 0.0393. The van der Waals surface area contributed by atoms with Crippen molar-refractivity contribution >= 4 is 12.2 Å². The lowest BCUT2D eigenvalue weighted by molar-refractivity contribution is 0.387. The Balaban J connectivity index is 2.43. The molecule has 2 aromatic rings. The van der Waals surface area contributed by atoms with Crippen LogP contribution in [0.3, 0.4) is 0 Å². The molecule has 1 N–H and O–H groups in total. The molecule has 0 aliphatic rings. The van der Waals surface area contributed by atoms with Crippen LogP contribution >= 0.6 is 0 Å². The van der Waals surface area contributed by atoms with Gasteiger partial charge in [0.05, 0.1) is 5.41 Å². The zero-order chi connectivity index (χ0) is 17.3. The van der Waals surface area contributed by atoms with E-state index in [1.807, 2.05) is 24.3 Å². The Labute approximate surface area is 139 Å². The minimum Gasteiger partial charge on any atom is -0.508 e. The third-order valence-electron chi connectivity index (χ3n) is 3.75. The Morgan fingerprint density at radius 3 is 1.96 bits per heavy atom. The topological polar surface area (TPSA) is 31.5 Å². The van der Waals surface area contributed by atoms with Crippen LogP contribution in [0.25, 0.3) is 12.2 Å². The van der Waals surface area contributed by atoms with E-state index in [4.69, 9.17) is 4.42 Å². The zero-order valence-corrected chi connectivity index (χ0v) is 15.0. The second-order valence-corrected chi connectivity index (χ2v) is 8.04. The summed E-state index contributed by atoms with van der Waals surface area (Å²) in [6.45, 7) is 13.1. The number of phenolic OH excluding ortho intramolecular Hbond substituents is 1. The summed E-state index contributed by atoms with van der Waals surface area (Å²) in [6, 6.07) is 11.4. The van der Waals surface area contributed by atoms with Crippen LogP contribution in [-0.4, -0.2) is 5.11 Å². The van der Waals surface area contributed by atoms with E-state index in [0.717, 1.165) is 17.1 Å². The Bertz CT molecular complexity index is 664. The number of hydrogen-bond acceptors (Lipinski definition) is 1. The molecule has 0 unspecified atom stereocenters. The van der Waals surface area contributed by atoms with Gasteiger partial charge in [0.25, 0.3) is 0 Å². The Morgan fingerprint density at radius 1 is 0.826 bits per heavy atom. The van der Waals surface area contributed by atoms with Crippen LogP contribution < -0.4 is 0 Å². The minimum atomic E-state index is -0.0393. The highest BCUT2D eigenvalue weighted by Gasteiger charge is 2.30. The van der Waals surface area contributed by atoms with Gasteiger partial charge in [-0.05, 0) is 55.5 Å². The summed E-state index contributed by atoms with van der Waals surface area (Å²) < 4.78 is 6.09. The largest absolute Gasteiger partial charge is 0.508 e. The van der Waals surface area contributed by atoms with Crippen molar-refractivity contribution in [2.24, 2.45) is 0 Å². The first-order chi connectivity index (χ1) is 10.6. The van der Waals surface area contributed by atoms with Gasteiger partial charge < -0.3 is 5.11 Å². The second kappa shape index (κ2) is 6.19. The number of aromatic hydroxyl groups is 1. The van der Waals surface area contributed by atoms with E-state index in [-0.39, 0.29) is 16.6 Å². The average molecular weight is 311 g/mol. The molecule has 122 valence electrons. The molecule has 0 fully saturated rings. The van der Waals surface area contributed by atoms with Crippen LogP contribution in [0.4, 0.5) is 0 Å². The molecular formula is C21H27O2+. The average Bonchev–Trinajstić information content (AvgIpc) is 2.44. The fourth-order valence-electron chi connectivity index (χ4n) is 2.17. The van der Waals surface area contributed by atoms with Crippen molar-refractivity contribution in [2.75, 3.05) is 0 Å². The maximum Gasteiger partial charge on any atom is 0.353 e. The van der Waals surface area contributed by atoms with Crippen molar-refractivity contribution in [3.63, 3.8) is 0 Å². The molecule has 0 saturated heterocycles. The zero-order valence-electron chi connectivity index (χ0n) is 15.0. The van der Waals surface area contributed by atoms with Gasteiger partial charge in [-0.1, -0.05) is 32.9 Å². The molecule has 0 aliphatic carbocycles. The van der Waals surface area contributed by atoms with Crippen molar-refractivity contribution in [1.82, 2.24) is 0 Å². The van der Waals surface area contributed by atoms with E-state index < -0.39 is 0 Å². The molecule has 0 saturated carbocycles. The van der Waals surface area contributed by atoms with Crippen molar-refractivity contribution in [1.29, 1.82) is 0 Å². The molecule has 2 heteroatoms. The highest BCUT2D eigenvalue weighted by molar-refractivity contribution is 5.68. The number of rotatable bonds is 2. The first-order valence-corrected chi connectivity index (χ1v) is 8.02. The lowest BCUT2D eigenvalue weighted by Gasteiger charge is -2.19. The summed E-state index contributed by atoms with van der Waals surface area (Å²) >= 11 is 0. The monoisotopic (exact) mass is 311 g/mol. The summed E-state index contributed by atoms with van der Waals surface area (Å²) in [7, 11) is 0. The Kier molecular flexibility index (Phi) is 4.65. The molecule has 0 atom stereocenters. The Hall–Kier alpha value is -2.09. The SMILES string of the molecule is CC(C)(C)c1cc(/C=C/c2ccc(O)cc2)[o+]c(C(C)(C)C)c1. The van der Waals surface area contributed by atoms with Crippen LogP contribution in [-0.2, 0) is 10.8 Å². The molecular weight excluding hydrogens is 284 g/mol. The van der Waals surface area contributed by atoms with E-state index in [0.29, 0.717) is 0 Å². The lowest BCUT2D eigenvalue weighted by atomic mass is 9.84. The van der Waals surface area contributed by atoms with Gasteiger partial charge in [-0.2, -0.15) is 0 Å². The van der Waals surface area contributed by atoms with E-state index in [9.17, 15) is 5.11 Å². The van der Waals surface area contributed by atoms with Gasteiger partial charge in [0.1, 0.15) is 5.75 Å². The first kappa shape index (κ1) is 17.3. The van der Waals surface area contributed by atoms with E-state index >= 15 is 0 Å². The van der Waals surface area contributed by atoms with Crippen molar-refractivity contribution < 1.29 is 9.52 Å². The van der Waals surface area contributed by atoms with Crippen molar-refractivity contribution in [3.8, 4) is 5.75 Å². The third kappa shape index (κ3) is 4.69. The number of phenols is 1. The maximum atomic E-state index is 9.35. The van der Waals surface area contributed by atoms with Gasteiger partial charge in [-0.3, -0.25) is 0 Å². The molecule has 0 amide bonds. The summed E-state index contributed by atoms with van der Waals surface area (Å²) in [6.07, 6.45) is 3.98. The van der Waals surface area contributed by atoms with Gasteiger partial charge in [0, 0.05) is 18.2 Å². The fraction of sp³-hybridized carbons (Fsp3) is 0.381. The normalized spacial score (nSPS) is 12.8. The van der Waals surface area contributed by atoms with Gasteiger partial charge in [-0.25, -0.2) is 4.42 Å². The molecule has 0 spiro atoms. The van der Waals surface area contributed by atoms with Crippen molar-refractivity contribution in [3.05, 3.63) is 59.0 Å². The fourth-order valence-corrected chi connectivity index (χ4v) is 2.17. The van der Waals surface area contributed by atoms with Gasteiger partial charge in [0.2, 0.25) is 0 Å². The second-order valence-electron chi connectivity index (χ2n) is 8.04. The third-order valence-corrected chi connectivity index (χ3v) is 3.75. The summed E-state index contributed by atoms with van der Waals surface area (Å²) in [5.74, 6) is 2.10. The number of benzene rings is 1. The standard InChI is InChI=1S/C21H26O2/c1-20(2,3)16-13-18(23-19(14-16)21(4,5)6)12-9-15-7-10-17(22)11-8-15/h7-14H,1-6H3/p+1/b12-9+. The van der Waals surface area contributed by atoms with Crippen LogP contribution in [0.1, 0.15) is 64.2 Å². The maximum absolute atomic E-state index is 9.35. The van der Waals surface area contributed by atoms with E-state index in [1.54, 1.807) is 12.1 Å². The van der Waals surface area contributed by atoms with Crippen molar-refractivity contribution in [2.45, 2.75) is 52.4 Å². The predicted octanol–water partition coefficient (Wildman–Crippen LogP) is 6.03. The van der Waals surface area contributed by atoms with E-state index in [1.165, 1.54) is 5.56 Å². The molecule has 23 heavy (non-hydrogen) atoms. The molecule has 1 aromatic heterocycles. The van der Waals surface area contributed by atoms with Gasteiger partial charge >= 0.3 is 11.5 Å². The van der Waals surface area contributed by atoms with Crippen LogP contribution in [0, 0.1) is 0 Å². The molecule has 1 heterocycles. The van der Waals surface area contributed by atoms with Crippen LogP contribution in [0.15, 0.2) is 40.8 Å². The number of hydrogen-bond donors (Lipinski definition) is 1. The quantitative estimate of drug-likeness (QED) is 0.686. The summed E-state index contributed by atoms with van der Waals surface area (Å²) in [5, 5.41) is 9.35. The smallest absolute Gasteiger partial charge is 0.353 e. The highest BCUT2D eigenvalue weighted by Crippen LogP contribution is 2.30.